The number of anilines is 2. The van der Waals surface area contributed by atoms with E-state index in [9.17, 15) is 9.90 Å². The monoisotopic (exact) mass is 551 g/mol. The molecular weight excluding hydrogens is 514 g/mol. The van der Waals surface area contributed by atoms with Gasteiger partial charge >= 0.3 is 6.03 Å². The van der Waals surface area contributed by atoms with Crippen molar-refractivity contribution in [3.05, 3.63) is 114 Å². The fourth-order valence-corrected chi connectivity index (χ4v) is 4.94. The minimum Gasteiger partial charge on any atom is -0.463 e. The molecule has 1 unspecified atom stereocenters. The second-order valence-corrected chi connectivity index (χ2v) is 10.9. The lowest BCUT2D eigenvalue weighted by Crippen LogP contribution is -2.35. The molecule has 0 saturated carbocycles. The molecule has 0 aliphatic carbocycles. The molecule has 4 N–H and O–H groups in total. The Labute approximate surface area is 241 Å². The Morgan fingerprint density at radius 1 is 0.927 bits per heavy atom. The smallest absolute Gasteiger partial charge is 0.323 e. The summed E-state index contributed by atoms with van der Waals surface area (Å²) in [6.45, 7) is 6.72. The van der Waals surface area contributed by atoms with Crippen molar-refractivity contribution in [3.8, 4) is 16.9 Å². The van der Waals surface area contributed by atoms with E-state index in [1.54, 1.807) is 0 Å². The van der Waals surface area contributed by atoms with Crippen molar-refractivity contribution in [2.24, 2.45) is 0 Å². The highest BCUT2D eigenvalue weighted by atomic mass is 16.7. The van der Waals surface area contributed by atoms with E-state index in [-0.39, 0.29) is 12.1 Å². The zero-order valence-electron chi connectivity index (χ0n) is 23.7. The van der Waals surface area contributed by atoms with Crippen molar-refractivity contribution >= 4 is 17.4 Å². The molecule has 0 spiro atoms. The van der Waals surface area contributed by atoms with E-state index in [1.165, 1.54) is 0 Å². The molecule has 0 aromatic heterocycles. The first-order valence-electron chi connectivity index (χ1n) is 13.9. The standard InChI is InChI=1S/C34H37N3O4/c1-23(35-21-31(38)26-16-17-32-27(20-26)22-40-34(2,3)41-32)18-24-10-9-13-28(19-24)36-33(39)37-30-15-8-7-14-29(30)25-11-5-4-6-12-25/h4-17,19-20,23,31,35,38H,18,21-22H2,1-3H3,(H2,36,37,39)/t23?,31-/m1/s1. The maximum atomic E-state index is 12.9. The van der Waals surface area contributed by atoms with Gasteiger partial charge in [-0.15, -0.1) is 0 Å². The first kappa shape index (κ1) is 28.4. The summed E-state index contributed by atoms with van der Waals surface area (Å²) in [6, 6.07) is 31.1. The predicted molar refractivity (Wildman–Crippen MR) is 163 cm³/mol. The molecule has 212 valence electrons. The van der Waals surface area contributed by atoms with Gasteiger partial charge in [-0.25, -0.2) is 4.79 Å². The van der Waals surface area contributed by atoms with Crippen molar-refractivity contribution in [3.63, 3.8) is 0 Å². The molecule has 1 heterocycles. The number of amides is 2. The van der Waals surface area contributed by atoms with Crippen molar-refractivity contribution in [2.75, 3.05) is 17.2 Å². The van der Waals surface area contributed by atoms with E-state index < -0.39 is 11.9 Å². The zero-order valence-corrected chi connectivity index (χ0v) is 23.7. The molecule has 4 aromatic rings. The van der Waals surface area contributed by atoms with Crippen LogP contribution in [0.1, 0.15) is 43.6 Å². The van der Waals surface area contributed by atoms with Gasteiger partial charge in [0.25, 0.3) is 0 Å². The molecule has 0 fully saturated rings. The maximum Gasteiger partial charge on any atom is 0.323 e. The van der Waals surface area contributed by atoms with E-state index in [0.29, 0.717) is 18.8 Å². The average molecular weight is 552 g/mol. The number of urea groups is 1. The summed E-state index contributed by atoms with van der Waals surface area (Å²) in [7, 11) is 0. The van der Waals surface area contributed by atoms with Crippen molar-refractivity contribution < 1.29 is 19.4 Å². The second kappa shape index (κ2) is 12.6. The number of carbonyl (C=O) groups excluding carboxylic acids is 1. The highest BCUT2D eigenvalue weighted by molar-refractivity contribution is 6.02. The Morgan fingerprint density at radius 2 is 1.71 bits per heavy atom. The number of fused-ring (bicyclic) bond motifs is 1. The molecule has 4 aromatic carbocycles. The van der Waals surface area contributed by atoms with Crippen LogP contribution in [-0.2, 0) is 17.8 Å². The van der Waals surface area contributed by atoms with Crippen LogP contribution in [0.2, 0.25) is 0 Å². The fourth-order valence-electron chi connectivity index (χ4n) is 4.94. The van der Waals surface area contributed by atoms with E-state index in [1.807, 2.05) is 111 Å². The predicted octanol–water partition coefficient (Wildman–Crippen LogP) is 6.90. The summed E-state index contributed by atoms with van der Waals surface area (Å²) in [5.41, 5.74) is 6.29. The third-order valence-electron chi connectivity index (χ3n) is 7.05. The second-order valence-electron chi connectivity index (χ2n) is 10.9. The van der Waals surface area contributed by atoms with Crippen LogP contribution in [0.15, 0.2) is 97.1 Å². The normalized spacial score (nSPS) is 15.2. The number of nitrogens with one attached hydrogen (secondary N) is 3. The van der Waals surface area contributed by atoms with E-state index in [0.717, 1.165) is 45.7 Å². The lowest BCUT2D eigenvalue weighted by Gasteiger charge is -2.33. The molecule has 41 heavy (non-hydrogen) atoms. The Morgan fingerprint density at radius 3 is 2.54 bits per heavy atom. The molecule has 2 amide bonds. The fraction of sp³-hybridized carbons (Fsp3) is 0.265. The van der Waals surface area contributed by atoms with Gasteiger partial charge in [0.15, 0.2) is 0 Å². The number of carbonyl (C=O) groups is 1. The molecule has 7 heteroatoms. The Hall–Kier alpha value is -4.17. The van der Waals surface area contributed by atoms with Gasteiger partial charge in [0, 0.05) is 43.2 Å². The van der Waals surface area contributed by atoms with Crippen LogP contribution in [0.3, 0.4) is 0 Å². The topological polar surface area (TPSA) is 91.9 Å². The number of aliphatic hydroxyl groups is 1. The summed E-state index contributed by atoms with van der Waals surface area (Å²) >= 11 is 0. The zero-order chi connectivity index (χ0) is 28.8. The van der Waals surface area contributed by atoms with Crippen LogP contribution in [0.25, 0.3) is 11.1 Å². The van der Waals surface area contributed by atoms with Gasteiger partial charge in [0.2, 0.25) is 5.79 Å². The van der Waals surface area contributed by atoms with Gasteiger partial charge in [0.1, 0.15) is 5.75 Å². The molecular formula is C34H37N3O4. The lowest BCUT2D eigenvalue weighted by molar-refractivity contribution is -0.180. The molecule has 7 nitrogen and oxygen atoms in total. The Balaban J connectivity index is 1.14. The number of ether oxygens (including phenoxy) is 2. The van der Waals surface area contributed by atoms with Crippen molar-refractivity contribution in [2.45, 2.75) is 51.7 Å². The van der Waals surface area contributed by atoms with E-state index >= 15 is 0 Å². The van der Waals surface area contributed by atoms with Gasteiger partial charge in [-0.2, -0.15) is 0 Å². The number of benzene rings is 4. The molecule has 2 atom stereocenters. The van der Waals surface area contributed by atoms with Crippen LogP contribution in [0.5, 0.6) is 5.75 Å². The molecule has 5 rings (SSSR count). The third kappa shape index (κ3) is 7.52. The molecule has 0 bridgehead atoms. The van der Waals surface area contributed by atoms with E-state index in [4.69, 9.17) is 9.47 Å². The first-order chi connectivity index (χ1) is 19.8. The number of rotatable bonds is 9. The van der Waals surface area contributed by atoms with Gasteiger partial charge in [0.05, 0.1) is 18.4 Å². The van der Waals surface area contributed by atoms with Gasteiger partial charge in [-0.3, -0.25) is 0 Å². The maximum absolute atomic E-state index is 12.9. The summed E-state index contributed by atoms with van der Waals surface area (Å²) in [4.78, 5) is 12.9. The van der Waals surface area contributed by atoms with Crippen molar-refractivity contribution in [1.82, 2.24) is 5.32 Å². The number of hydrogen-bond donors (Lipinski definition) is 4. The highest BCUT2D eigenvalue weighted by Gasteiger charge is 2.27. The van der Waals surface area contributed by atoms with Crippen molar-refractivity contribution in [1.29, 1.82) is 0 Å². The highest BCUT2D eigenvalue weighted by Crippen LogP contribution is 2.33. The van der Waals surface area contributed by atoms with Gasteiger partial charge in [-0.1, -0.05) is 66.7 Å². The summed E-state index contributed by atoms with van der Waals surface area (Å²) in [6.07, 6.45) is 0.0786. The molecule has 0 saturated heterocycles. The van der Waals surface area contributed by atoms with Crippen LogP contribution in [0, 0.1) is 0 Å². The van der Waals surface area contributed by atoms with Crippen LogP contribution < -0.4 is 20.7 Å². The Bertz CT molecular complexity index is 1490. The number of hydrogen-bond acceptors (Lipinski definition) is 5. The minimum absolute atomic E-state index is 0.108. The van der Waals surface area contributed by atoms with Gasteiger partial charge in [-0.05, 0) is 60.4 Å². The first-order valence-corrected chi connectivity index (χ1v) is 13.9. The molecule has 1 aliphatic rings. The molecule has 0 radical (unpaired) electrons. The quantitative estimate of drug-likeness (QED) is 0.182. The summed E-state index contributed by atoms with van der Waals surface area (Å²) < 4.78 is 11.6. The number of para-hydroxylation sites is 1. The van der Waals surface area contributed by atoms with Crippen LogP contribution in [-0.4, -0.2) is 29.5 Å². The number of aliphatic hydroxyl groups excluding tert-OH is 1. The van der Waals surface area contributed by atoms with E-state index in [2.05, 4.69) is 22.9 Å². The summed E-state index contributed by atoms with van der Waals surface area (Å²) in [5.74, 6) is 0.148. The lowest BCUT2D eigenvalue weighted by atomic mass is 10.0. The van der Waals surface area contributed by atoms with Gasteiger partial charge < -0.3 is 30.5 Å². The largest absolute Gasteiger partial charge is 0.463 e. The third-order valence-corrected chi connectivity index (χ3v) is 7.05. The SMILES string of the molecule is CC(Cc1cccc(NC(=O)Nc2ccccc2-c2ccccc2)c1)NC[C@@H](O)c1ccc2c(c1)COC(C)(C)O2. The molecule has 1 aliphatic heterocycles. The average Bonchev–Trinajstić information content (AvgIpc) is 2.96. The van der Waals surface area contributed by atoms with Crippen LogP contribution >= 0.6 is 0 Å². The Kier molecular flexibility index (Phi) is 8.69. The van der Waals surface area contributed by atoms with Crippen LogP contribution in [0.4, 0.5) is 16.2 Å². The minimum atomic E-state index is -0.659. The summed E-state index contributed by atoms with van der Waals surface area (Å²) in [5, 5.41) is 20.2.